The number of hydrogen-bond donors (Lipinski definition) is 1. The summed E-state index contributed by atoms with van der Waals surface area (Å²) in [5.74, 6) is -0.889. The molecule has 0 fully saturated rings. The second kappa shape index (κ2) is 11.0. The largest absolute Gasteiger partial charge is 0.490 e. The van der Waals surface area contributed by atoms with Crippen molar-refractivity contribution < 1.29 is 28.6 Å². The van der Waals surface area contributed by atoms with Crippen LogP contribution < -0.4 is 4.74 Å². The summed E-state index contributed by atoms with van der Waals surface area (Å²) in [6.45, 7) is 10.8. The zero-order chi connectivity index (χ0) is 23.0. The molecule has 164 valence electrons. The molecule has 0 aliphatic carbocycles. The number of ketones is 1. The van der Waals surface area contributed by atoms with Crippen LogP contribution in [0.15, 0.2) is 43.0 Å². The maximum absolute atomic E-state index is 12.7. The summed E-state index contributed by atoms with van der Waals surface area (Å²) in [5.41, 5.74) is 2.32. The Morgan fingerprint density at radius 3 is 2.45 bits per heavy atom. The van der Waals surface area contributed by atoms with Gasteiger partial charge in [0.2, 0.25) is 5.78 Å². The number of aryl methyl sites for hydroxylation is 1. The molecule has 7 nitrogen and oxygen atoms in total. The second-order valence-electron chi connectivity index (χ2n) is 6.79. The molecule has 0 saturated heterocycles. The van der Waals surface area contributed by atoms with Crippen molar-refractivity contribution >= 4 is 23.8 Å². The third-order valence-corrected chi connectivity index (χ3v) is 4.49. The number of nitrogens with one attached hydrogen (secondary N) is 1. The molecule has 2 rings (SSSR count). The Hall–Kier alpha value is -3.61. The Kier molecular flexibility index (Phi) is 8.37. The van der Waals surface area contributed by atoms with Crippen LogP contribution in [0, 0.1) is 13.8 Å². The molecule has 0 radical (unpaired) electrons. The summed E-state index contributed by atoms with van der Waals surface area (Å²) < 4.78 is 15.7. The maximum atomic E-state index is 12.7. The standard InChI is InChI=1S/C24H27NO6/c1-6-14-30-19-11-8-18(9-12-19)10-13-20(26)31-17(5)23(27)22-15(3)21(16(4)25-22)24(28)29-7-2/h6,8-13,17,25H,1,7,14H2,2-5H3/b13-10+/t17-/m0/s1. The average Bonchev–Trinajstić information content (AvgIpc) is 3.04. The Bertz CT molecular complexity index is 984. The van der Waals surface area contributed by atoms with Gasteiger partial charge in [0.25, 0.3) is 0 Å². The van der Waals surface area contributed by atoms with Crippen LogP contribution in [0.1, 0.15) is 51.5 Å². The Labute approximate surface area is 181 Å². The fourth-order valence-electron chi connectivity index (χ4n) is 2.97. The minimum absolute atomic E-state index is 0.222. The lowest BCUT2D eigenvalue weighted by atomic mass is 10.1. The highest BCUT2D eigenvalue weighted by Gasteiger charge is 2.27. The van der Waals surface area contributed by atoms with Crippen molar-refractivity contribution in [2.24, 2.45) is 0 Å². The SMILES string of the molecule is C=CCOc1ccc(/C=C/C(=O)O[C@@H](C)C(=O)c2[nH]c(C)c(C(=O)OCC)c2C)cc1. The first-order valence-electron chi connectivity index (χ1n) is 9.91. The van der Waals surface area contributed by atoms with Gasteiger partial charge in [-0.05, 0) is 57.0 Å². The predicted octanol–water partition coefficient (Wildman–Crippen LogP) is 4.20. The van der Waals surface area contributed by atoms with Crippen LogP contribution in [-0.2, 0) is 14.3 Å². The number of ether oxygens (including phenoxy) is 3. The third-order valence-electron chi connectivity index (χ3n) is 4.49. The van der Waals surface area contributed by atoms with E-state index in [1.807, 2.05) is 0 Å². The van der Waals surface area contributed by atoms with Gasteiger partial charge >= 0.3 is 11.9 Å². The highest BCUT2D eigenvalue weighted by molar-refractivity contribution is 6.04. The van der Waals surface area contributed by atoms with Crippen molar-refractivity contribution in [3.8, 4) is 5.75 Å². The molecule has 1 N–H and O–H groups in total. The van der Waals surface area contributed by atoms with E-state index in [9.17, 15) is 14.4 Å². The quantitative estimate of drug-likeness (QED) is 0.265. The number of rotatable bonds is 10. The summed E-state index contributed by atoms with van der Waals surface area (Å²) in [6, 6.07) is 7.13. The fourth-order valence-corrected chi connectivity index (χ4v) is 2.97. The van der Waals surface area contributed by atoms with E-state index in [0.29, 0.717) is 29.2 Å². The lowest BCUT2D eigenvalue weighted by Crippen LogP contribution is -2.24. The van der Waals surface area contributed by atoms with E-state index < -0.39 is 23.8 Å². The number of benzene rings is 1. The van der Waals surface area contributed by atoms with Gasteiger partial charge in [0, 0.05) is 11.8 Å². The molecular weight excluding hydrogens is 398 g/mol. The summed E-state index contributed by atoms with van der Waals surface area (Å²) in [7, 11) is 0. The minimum atomic E-state index is -1.03. The van der Waals surface area contributed by atoms with Gasteiger partial charge in [-0.1, -0.05) is 24.8 Å². The Morgan fingerprint density at radius 2 is 1.84 bits per heavy atom. The number of aromatic amines is 1. The third kappa shape index (κ3) is 6.18. The first kappa shape index (κ1) is 23.7. The normalized spacial score (nSPS) is 11.7. The number of H-pyrrole nitrogens is 1. The number of Topliss-reactive ketones (excluding diaryl/α,β-unsaturated/α-hetero) is 1. The van der Waals surface area contributed by atoms with Gasteiger partial charge in [-0.25, -0.2) is 9.59 Å². The van der Waals surface area contributed by atoms with Crippen molar-refractivity contribution in [2.45, 2.75) is 33.8 Å². The van der Waals surface area contributed by atoms with Crippen molar-refractivity contribution in [1.29, 1.82) is 0 Å². The minimum Gasteiger partial charge on any atom is -0.490 e. The lowest BCUT2D eigenvalue weighted by Gasteiger charge is -2.10. The molecule has 1 aromatic carbocycles. The van der Waals surface area contributed by atoms with Crippen LogP contribution in [0.25, 0.3) is 6.08 Å². The number of carbonyl (C=O) groups excluding carboxylic acids is 3. The van der Waals surface area contributed by atoms with Crippen LogP contribution in [0.4, 0.5) is 0 Å². The molecule has 2 aromatic rings. The molecule has 1 aromatic heterocycles. The highest BCUT2D eigenvalue weighted by Crippen LogP contribution is 2.21. The van der Waals surface area contributed by atoms with Gasteiger partial charge in [0.05, 0.1) is 17.9 Å². The topological polar surface area (TPSA) is 94.7 Å². The number of hydrogen-bond acceptors (Lipinski definition) is 6. The highest BCUT2D eigenvalue weighted by atomic mass is 16.5. The van der Waals surface area contributed by atoms with Crippen molar-refractivity contribution in [3.63, 3.8) is 0 Å². The number of aromatic nitrogens is 1. The Balaban J connectivity index is 2.02. The Morgan fingerprint density at radius 1 is 1.16 bits per heavy atom. The second-order valence-corrected chi connectivity index (χ2v) is 6.79. The molecule has 7 heteroatoms. The van der Waals surface area contributed by atoms with Gasteiger partial charge in [0.15, 0.2) is 6.10 Å². The molecule has 31 heavy (non-hydrogen) atoms. The summed E-state index contributed by atoms with van der Waals surface area (Å²) in [4.78, 5) is 39.9. The summed E-state index contributed by atoms with van der Waals surface area (Å²) in [5, 5.41) is 0. The molecule has 0 amide bonds. The first-order valence-corrected chi connectivity index (χ1v) is 9.91. The monoisotopic (exact) mass is 425 g/mol. The van der Waals surface area contributed by atoms with Crippen LogP contribution in [-0.4, -0.2) is 42.0 Å². The summed E-state index contributed by atoms with van der Waals surface area (Å²) >= 11 is 0. The zero-order valence-electron chi connectivity index (χ0n) is 18.2. The van der Waals surface area contributed by atoms with Crippen LogP contribution in [0.3, 0.4) is 0 Å². The van der Waals surface area contributed by atoms with Crippen molar-refractivity contribution in [3.05, 3.63) is 71.1 Å². The lowest BCUT2D eigenvalue weighted by molar-refractivity contribution is -0.140. The molecule has 1 atom stereocenters. The van der Waals surface area contributed by atoms with Crippen LogP contribution in [0.2, 0.25) is 0 Å². The average molecular weight is 425 g/mol. The van der Waals surface area contributed by atoms with Gasteiger partial charge < -0.3 is 19.2 Å². The van der Waals surface area contributed by atoms with E-state index in [4.69, 9.17) is 14.2 Å². The van der Waals surface area contributed by atoms with Gasteiger partial charge in [-0.3, -0.25) is 4.79 Å². The van der Waals surface area contributed by atoms with Crippen LogP contribution in [0.5, 0.6) is 5.75 Å². The molecule has 0 unspecified atom stereocenters. The molecule has 0 spiro atoms. The van der Waals surface area contributed by atoms with Gasteiger partial charge in [0.1, 0.15) is 12.4 Å². The predicted molar refractivity (Wildman–Crippen MR) is 117 cm³/mol. The van der Waals surface area contributed by atoms with E-state index in [2.05, 4.69) is 11.6 Å². The molecule has 1 heterocycles. The molecule has 0 bridgehead atoms. The van der Waals surface area contributed by atoms with Gasteiger partial charge in [-0.15, -0.1) is 0 Å². The van der Waals surface area contributed by atoms with Gasteiger partial charge in [-0.2, -0.15) is 0 Å². The van der Waals surface area contributed by atoms with E-state index in [-0.39, 0.29) is 12.3 Å². The van der Waals surface area contributed by atoms with Crippen molar-refractivity contribution in [2.75, 3.05) is 13.2 Å². The molecular formula is C24H27NO6. The fraction of sp³-hybridized carbons (Fsp3) is 0.292. The van der Waals surface area contributed by atoms with E-state index >= 15 is 0 Å². The van der Waals surface area contributed by atoms with E-state index in [1.165, 1.54) is 13.0 Å². The first-order chi connectivity index (χ1) is 14.8. The maximum Gasteiger partial charge on any atom is 0.340 e. The zero-order valence-corrected chi connectivity index (χ0v) is 18.2. The molecule has 0 aliphatic rings. The van der Waals surface area contributed by atoms with Crippen LogP contribution >= 0.6 is 0 Å². The molecule has 0 saturated carbocycles. The smallest absolute Gasteiger partial charge is 0.340 e. The number of carbonyl (C=O) groups is 3. The number of esters is 2. The van der Waals surface area contributed by atoms with Crippen molar-refractivity contribution in [1.82, 2.24) is 4.98 Å². The van der Waals surface area contributed by atoms with E-state index in [1.54, 1.807) is 57.2 Å². The van der Waals surface area contributed by atoms with E-state index in [0.717, 1.165) is 5.56 Å². The molecule has 0 aliphatic heterocycles. The summed E-state index contributed by atoms with van der Waals surface area (Å²) in [6.07, 6.45) is 3.46.